The molecule has 1 aromatic heterocycles. The summed E-state index contributed by atoms with van der Waals surface area (Å²) in [6.45, 7) is 5.56. The molecule has 0 unspecified atom stereocenters. The first-order chi connectivity index (χ1) is 19.9. The van der Waals surface area contributed by atoms with E-state index in [4.69, 9.17) is 19.2 Å². The Balaban J connectivity index is 1.44. The van der Waals surface area contributed by atoms with Crippen molar-refractivity contribution in [3.8, 4) is 17.2 Å². The Kier molecular flexibility index (Phi) is 7.36. The summed E-state index contributed by atoms with van der Waals surface area (Å²) < 4.78 is 18.1. The van der Waals surface area contributed by atoms with Gasteiger partial charge in [-0.3, -0.25) is 14.5 Å². The zero-order valence-corrected chi connectivity index (χ0v) is 23.7. The Morgan fingerprint density at radius 2 is 1.80 bits per heavy atom. The lowest BCUT2D eigenvalue weighted by atomic mass is 9.95. The number of ketones is 1. The fraction of sp³-hybridized carbons (Fsp3) is 0.281. The number of carbonyl (C=O) groups is 2. The van der Waals surface area contributed by atoms with Crippen molar-refractivity contribution in [2.24, 2.45) is 0 Å². The molecule has 0 aliphatic carbocycles. The van der Waals surface area contributed by atoms with Gasteiger partial charge in [-0.1, -0.05) is 49.3 Å². The minimum Gasteiger partial charge on any atom is -0.507 e. The maximum atomic E-state index is 13.6. The van der Waals surface area contributed by atoms with Crippen molar-refractivity contribution in [3.05, 3.63) is 82.9 Å². The second kappa shape index (κ2) is 11.2. The molecule has 1 atom stereocenters. The van der Waals surface area contributed by atoms with E-state index >= 15 is 0 Å². The lowest BCUT2D eigenvalue weighted by Crippen LogP contribution is -2.29. The van der Waals surface area contributed by atoms with Crippen molar-refractivity contribution < 1.29 is 28.9 Å². The molecule has 3 heterocycles. The first kappa shape index (κ1) is 26.8. The third-order valence-electron chi connectivity index (χ3n) is 7.21. The molecular weight excluding hydrogens is 540 g/mol. The maximum absolute atomic E-state index is 13.6. The van der Waals surface area contributed by atoms with E-state index in [1.807, 2.05) is 49.4 Å². The van der Waals surface area contributed by atoms with Crippen LogP contribution < -0.4 is 19.1 Å². The number of aryl methyl sites for hydroxylation is 1. The third-order valence-corrected chi connectivity index (χ3v) is 8.23. The summed E-state index contributed by atoms with van der Waals surface area (Å²) >= 11 is 1.34. The molecule has 9 heteroatoms. The van der Waals surface area contributed by atoms with Gasteiger partial charge < -0.3 is 19.3 Å². The van der Waals surface area contributed by atoms with Crippen LogP contribution in [0, 0.1) is 6.92 Å². The highest BCUT2D eigenvalue weighted by Gasteiger charge is 2.48. The monoisotopic (exact) mass is 570 g/mol. The second-order valence-electron chi connectivity index (χ2n) is 10.1. The van der Waals surface area contributed by atoms with Crippen LogP contribution in [0.1, 0.15) is 48.9 Å². The lowest BCUT2D eigenvalue weighted by molar-refractivity contribution is -0.132. The van der Waals surface area contributed by atoms with Crippen LogP contribution in [0.25, 0.3) is 16.0 Å². The summed E-state index contributed by atoms with van der Waals surface area (Å²) in [7, 11) is 0. The lowest BCUT2D eigenvalue weighted by Gasteiger charge is -2.23. The van der Waals surface area contributed by atoms with E-state index < -0.39 is 17.7 Å². The quantitative estimate of drug-likeness (QED) is 0.111. The number of thiazole rings is 1. The number of nitrogens with zero attached hydrogens (tertiary/aromatic N) is 2. The normalized spacial score (nSPS) is 17.8. The van der Waals surface area contributed by atoms with Crippen molar-refractivity contribution in [1.82, 2.24) is 4.98 Å². The van der Waals surface area contributed by atoms with E-state index in [1.54, 1.807) is 18.2 Å². The average molecular weight is 571 g/mol. The Bertz CT molecular complexity index is 1660. The molecule has 41 heavy (non-hydrogen) atoms. The first-order valence-corrected chi connectivity index (χ1v) is 14.6. The number of fused-ring (bicyclic) bond motifs is 2. The van der Waals surface area contributed by atoms with Gasteiger partial charge in [0.05, 0.1) is 28.4 Å². The van der Waals surface area contributed by atoms with E-state index in [0.29, 0.717) is 53.3 Å². The highest BCUT2D eigenvalue weighted by atomic mass is 32.1. The summed E-state index contributed by atoms with van der Waals surface area (Å²) in [5.74, 6) is -0.0856. The number of unbranched alkanes of at least 4 members (excludes halogenated alkanes) is 2. The van der Waals surface area contributed by atoms with Crippen molar-refractivity contribution in [3.63, 3.8) is 0 Å². The number of ether oxygens (including phenoxy) is 3. The smallest absolute Gasteiger partial charge is 0.301 e. The number of hydrogen-bond acceptors (Lipinski definition) is 8. The summed E-state index contributed by atoms with van der Waals surface area (Å²) in [5, 5.41) is 11.9. The van der Waals surface area contributed by atoms with Crippen LogP contribution in [-0.2, 0) is 9.59 Å². The van der Waals surface area contributed by atoms with Crippen LogP contribution in [0.15, 0.2) is 66.2 Å². The molecule has 0 radical (unpaired) electrons. The number of benzene rings is 3. The first-order valence-electron chi connectivity index (χ1n) is 13.8. The van der Waals surface area contributed by atoms with E-state index in [2.05, 4.69) is 6.92 Å². The minimum atomic E-state index is -0.890. The third kappa shape index (κ3) is 5.13. The van der Waals surface area contributed by atoms with E-state index in [0.717, 1.165) is 35.0 Å². The minimum absolute atomic E-state index is 0.0151. The Morgan fingerprint density at radius 1 is 1.02 bits per heavy atom. The molecule has 210 valence electrons. The number of amides is 1. The van der Waals surface area contributed by atoms with Crippen LogP contribution in [0.4, 0.5) is 5.13 Å². The molecular formula is C32H30N2O6S. The predicted octanol–water partition coefficient (Wildman–Crippen LogP) is 6.57. The highest BCUT2D eigenvalue weighted by Crippen LogP contribution is 2.45. The average Bonchev–Trinajstić information content (AvgIpc) is 3.52. The van der Waals surface area contributed by atoms with Gasteiger partial charge in [-0.05, 0) is 66.9 Å². The molecule has 3 aromatic carbocycles. The predicted molar refractivity (Wildman–Crippen MR) is 158 cm³/mol. The Hall–Kier alpha value is -4.37. The largest absolute Gasteiger partial charge is 0.507 e. The number of carbonyl (C=O) groups excluding carboxylic acids is 2. The van der Waals surface area contributed by atoms with E-state index in [1.165, 1.54) is 16.2 Å². The van der Waals surface area contributed by atoms with Crippen molar-refractivity contribution in [1.29, 1.82) is 0 Å². The summed E-state index contributed by atoms with van der Waals surface area (Å²) in [5.41, 5.74) is 2.80. The number of anilines is 1. The fourth-order valence-electron chi connectivity index (χ4n) is 5.10. The topological polar surface area (TPSA) is 98.2 Å². The van der Waals surface area contributed by atoms with Gasteiger partial charge in [-0.25, -0.2) is 4.98 Å². The van der Waals surface area contributed by atoms with Crippen LogP contribution in [0.2, 0.25) is 0 Å². The molecule has 1 fully saturated rings. The van der Waals surface area contributed by atoms with Crippen LogP contribution >= 0.6 is 11.3 Å². The number of Topliss-reactive ketones (excluding diaryl/α,β-unsaturated/α-hetero) is 1. The summed E-state index contributed by atoms with van der Waals surface area (Å²) in [4.78, 5) is 33.3. The molecule has 1 saturated heterocycles. The molecule has 0 bridgehead atoms. The highest BCUT2D eigenvalue weighted by molar-refractivity contribution is 7.22. The van der Waals surface area contributed by atoms with Gasteiger partial charge in [-0.2, -0.15) is 0 Å². The van der Waals surface area contributed by atoms with Gasteiger partial charge in [0.15, 0.2) is 16.6 Å². The molecule has 0 saturated carbocycles. The molecule has 6 rings (SSSR count). The molecule has 0 spiro atoms. The summed E-state index contributed by atoms with van der Waals surface area (Å²) in [6.07, 6.45) is 3.16. The molecule has 2 aliphatic rings. The second-order valence-corrected chi connectivity index (χ2v) is 11.1. The van der Waals surface area contributed by atoms with Gasteiger partial charge in [0, 0.05) is 5.56 Å². The summed E-state index contributed by atoms with van der Waals surface area (Å²) in [6, 6.07) is 17.2. The molecule has 1 amide bonds. The number of aliphatic hydroxyl groups excluding tert-OH is 1. The Labute approximate surface area is 241 Å². The SMILES string of the molecule is CCCCCOc1ccc([C@@H]2C(=C(O)c3ccc4c(c3)OCCO4)C(=O)C(=O)N2c2nc3ccc(C)cc3s2)cc1. The Morgan fingerprint density at radius 3 is 2.59 bits per heavy atom. The maximum Gasteiger partial charge on any atom is 0.301 e. The van der Waals surface area contributed by atoms with E-state index in [-0.39, 0.29) is 11.3 Å². The zero-order chi connectivity index (χ0) is 28.5. The molecule has 4 aromatic rings. The fourth-order valence-corrected chi connectivity index (χ4v) is 6.19. The van der Waals surface area contributed by atoms with Gasteiger partial charge in [0.1, 0.15) is 24.7 Å². The van der Waals surface area contributed by atoms with Crippen LogP contribution in [0.5, 0.6) is 17.2 Å². The number of rotatable bonds is 8. The molecule has 2 aliphatic heterocycles. The van der Waals surface area contributed by atoms with Gasteiger partial charge in [0.25, 0.3) is 5.78 Å². The van der Waals surface area contributed by atoms with Crippen molar-refractivity contribution >= 4 is 44.1 Å². The molecule has 8 nitrogen and oxygen atoms in total. The van der Waals surface area contributed by atoms with Gasteiger partial charge >= 0.3 is 5.91 Å². The molecule has 1 N–H and O–H groups in total. The van der Waals surface area contributed by atoms with E-state index in [9.17, 15) is 14.7 Å². The van der Waals surface area contributed by atoms with Gasteiger partial charge in [0.2, 0.25) is 0 Å². The van der Waals surface area contributed by atoms with Gasteiger partial charge in [-0.15, -0.1) is 0 Å². The van der Waals surface area contributed by atoms with Crippen LogP contribution in [-0.4, -0.2) is 41.6 Å². The zero-order valence-electron chi connectivity index (χ0n) is 22.9. The van der Waals surface area contributed by atoms with Crippen molar-refractivity contribution in [2.45, 2.75) is 39.2 Å². The number of hydrogen-bond donors (Lipinski definition) is 1. The number of aromatic nitrogens is 1. The standard InChI is InChI=1S/C32H30N2O6S/c1-3-4-5-14-38-22-10-7-20(8-11-22)28-27(29(35)21-9-13-24-25(18-21)40-16-15-39-24)30(36)31(37)34(28)32-33-23-12-6-19(2)17-26(23)41-32/h6-13,17-18,28,35H,3-5,14-16H2,1-2H3/t28-/m1/s1. The van der Waals surface area contributed by atoms with Crippen LogP contribution in [0.3, 0.4) is 0 Å². The van der Waals surface area contributed by atoms with Crippen molar-refractivity contribution in [2.75, 3.05) is 24.7 Å². The number of aliphatic hydroxyl groups is 1.